The van der Waals surface area contributed by atoms with Crippen LogP contribution in [-0.2, 0) is 6.42 Å². The Morgan fingerprint density at radius 2 is 1.58 bits per heavy atom. The van der Waals surface area contributed by atoms with Gasteiger partial charge in [0.25, 0.3) is 0 Å². The van der Waals surface area contributed by atoms with Gasteiger partial charge in [-0.3, -0.25) is 0 Å². The molecule has 0 atom stereocenters. The SMILES string of the molecule is CCCCCCCCCCCCc1c(C(=O)O)sc2c(Br)csc12. The van der Waals surface area contributed by atoms with E-state index in [1.165, 1.54) is 73.8 Å². The van der Waals surface area contributed by atoms with Crippen molar-refractivity contribution in [2.45, 2.75) is 77.6 Å². The van der Waals surface area contributed by atoms with Gasteiger partial charge in [0.05, 0.1) is 9.40 Å². The van der Waals surface area contributed by atoms with Gasteiger partial charge in [0, 0.05) is 9.85 Å². The molecule has 0 aliphatic rings. The molecule has 5 heteroatoms. The number of fused-ring (bicyclic) bond motifs is 1. The van der Waals surface area contributed by atoms with E-state index in [-0.39, 0.29) is 0 Å². The summed E-state index contributed by atoms with van der Waals surface area (Å²) in [5.41, 5.74) is 1.05. The standard InChI is InChI=1S/C19H27BrO2S2/c1-2-3-4-5-6-7-8-9-10-11-12-14-16-18(15(20)13-23-16)24-17(14)19(21)22/h13H,2-12H2,1H3,(H,21,22). The van der Waals surface area contributed by atoms with E-state index >= 15 is 0 Å². The van der Waals surface area contributed by atoms with Crippen LogP contribution in [0.15, 0.2) is 9.85 Å². The first-order valence-corrected chi connectivity index (χ1v) is 11.6. The average Bonchev–Trinajstić information content (AvgIpc) is 3.10. The van der Waals surface area contributed by atoms with Crippen molar-refractivity contribution in [1.29, 1.82) is 0 Å². The van der Waals surface area contributed by atoms with E-state index < -0.39 is 5.97 Å². The van der Waals surface area contributed by atoms with Gasteiger partial charge in [0.15, 0.2) is 0 Å². The predicted octanol–water partition coefficient (Wildman–Crippen LogP) is 7.89. The van der Waals surface area contributed by atoms with Crippen molar-refractivity contribution < 1.29 is 9.90 Å². The van der Waals surface area contributed by atoms with Gasteiger partial charge in [-0.2, -0.15) is 0 Å². The first-order chi connectivity index (χ1) is 11.6. The van der Waals surface area contributed by atoms with Crippen LogP contribution < -0.4 is 0 Å². The van der Waals surface area contributed by atoms with Crippen molar-refractivity contribution >= 4 is 54.0 Å². The predicted molar refractivity (Wildman–Crippen MR) is 110 cm³/mol. The van der Waals surface area contributed by atoms with Crippen molar-refractivity contribution in [3.63, 3.8) is 0 Å². The second-order valence-electron chi connectivity index (χ2n) is 6.39. The maximum Gasteiger partial charge on any atom is 0.346 e. The second-order valence-corrected chi connectivity index (χ2v) is 9.14. The summed E-state index contributed by atoms with van der Waals surface area (Å²) in [6.07, 6.45) is 14.0. The molecule has 0 saturated carbocycles. The minimum Gasteiger partial charge on any atom is -0.477 e. The number of rotatable bonds is 12. The maximum atomic E-state index is 11.5. The Morgan fingerprint density at radius 1 is 1.00 bits per heavy atom. The van der Waals surface area contributed by atoms with Crippen LogP contribution in [-0.4, -0.2) is 11.1 Å². The van der Waals surface area contributed by atoms with Gasteiger partial charge in [-0.25, -0.2) is 4.79 Å². The molecule has 1 N–H and O–H groups in total. The Bertz CT molecular complexity index is 645. The number of halogens is 1. The molecule has 0 saturated heterocycles. The highest BCUT2D eigenvalue weighted by molar-refractivity contribution is 9.10. The van der Waals surface area contributed by atoms with Crippen LogP contribution in [0.2, 0.25) is 0 Å². The van der Waals surface area contributed by atoms with Crippen LogP contribution in [0.4, 0.5) is 0 Å². The van der Waals surface area contributed by atoms with E-state index in [9.17, 15) is 9.90 Å². The largest absolute Gasteiger partial charge is 0.477 e. The molecule has 0 unspecified atom stereocenters. The molecular formula is C19H27BrO2S2. The summed E-state index contributed by atoms with van der Waals surface area (Å²) < 4.78 is 3.30. The van der Waals surface area contributed by atoms with Crippen molar-refractivity contribution in [2.75, 3.05) is 0 Å². The Hall–Kier alpha value is -0.390. The molecule has 2 rings (SSSR count). The third-order valence-electron chi connectivity index (χ3n) is 4.43. The lowest BCUT2D eigenvalue weighted by atomic mass is 10.0. The van der Waals surface area contributed by atoms with Gasteiger partial charge in [0.1, 0.15) is 4.88 Å². The Morgan fingerprint density at radius 3 is 2.17 bits per heavy atom. The number of carboxylic acid groups (broad SMARTS) is 1. The van der Waals surface area contributed by atoms with Crippen molar-refractivity contribution in [2.24, 2.45) is 0 Å². The minimum atomic E-state index is -0.780. The fourth-order valence-corrected chi connectivity index (χ4v) is 6.24. The molecule has 2 aromatic heterocycles. The second kappa shape index (κ2) is 10.6. The highest BCUT2D eigenvalue weighted by Gasteiger charge is 2.20. The van der Waals surface area contributed by atoms with Gasteiger partial charge >= 0.3 is 5.97 Å². The van der Waals surface area contributed by atoms with Crippen molar-refractivity contribution in [3.8, 4) is 0 Å². The highest BCUT2D eigenvalue weighted by Crippen LogP contribution is 2.41. The molecule has 134 valence electrons. The number of carboxylic acids is 1. The zero-order valence-electron chi connectivity index (χ0n) is 14.4. The van der Waals surface area contributed by atoms with Gasteiger partial charge in [-0.15, -0.1) is 22.7 Å². The Balaban J connectivity index is 1.72. The summed E-state index contributed by atoms with van der Waals surface area (Å²) in [6.45, 7) is 2.26. The van der Waals surface area contributed by atoms with Crippen LogP contribution in [0.5, 0.6) is 0 Å². The summed E-state index contributed by atoms with van der Waals surface area (Å²) in [5.74, 6) is -0.780. The monoisotopic (exact) mass is 430 g/mol. The normalized spacial score (nSPS) is 11.4. The van der Waals surface area contributed by atoms with E-state index in [1.807, 2.05) is 0 Å². The highest BCUT2D eigenvalue weighted by atomic mass is 79.9. The van der Waals surface area contributed by atoms with E-state index in [0.29, 0.717) is 4.88 Å². The quantitative estimate of drug-likeness (QED) is 0.347. The summed E-state index contributed by atoms with van der Waals surface area (Å²) >= 11 is 6.59. The van der Waals surface area contributed by atoms with Crippen LogP contribution in [0.25, 0.3) is 9.40 Å². The summed E-state index contributed by atoms with van der Waals surface area (Å²) in [6, 6.07) is 0. The number of carbonyl (C=O) groups is 1. The van der Waals surface area contributed by atoms with Crippen molar-refractivity contribution in [1.82, 2.24) is 0 Å². The zero-order valence-corrected chi connectivity index (χ0v) is 17.6. The first kappa shape index (κ1) is 19.9. The van der Waals surface area contributed by atoms with Gasteiger partial charge in [-0.1, -0.05) is 64.7 Å². The molecule has 0 spiro atoms. The van der Waals surface area contributed by atoms with Crippen molar-refractivity contribution in [3.05, 3.63) is 20.3 Å². The fourth-order valence-electron chi connectivity index (χ4n) is 3.09. The Labute approximate surface area is 161 Å². The number of thiophene rings is 2. The molecule has 2 aromatic rings. The van der Waals surface area contributed by atoms with Crippen LogP contribution in [0.3, 0.4) is 0 Å². The zero-order chi connectivity index (χ0) is 17.4. The summed E-state index contributed by atoms with van der Waals surface area (Å²) in [5, 5.41) is 11.5. The molecule has 0 radical (unpaired) electrons. The maximum absolute atomic E-state index is 11.5. The Kier molecular flexibility index (Phi) is 8.77. The molecule has 0 aromatic carbocycles. The lowest BCUT2D eigenvalue weighted by Crippen LogP contribution is -1.97. The lowest BCUT2D eigenvalue weighted by molar-refractivity contribution is 0.0701. The van der Waals surface area contributed by atoms with Gasteiger partial charge < -0.3 is 5.11 Å². The molecule has 0 amide bonds. The van der Waals surface area contributed by atoms with E-state index in [0.717, 1.165) is 27.6 Å². The third-order valence-corrected chi connectivity index (χ3v) is 8.04. The molecule has 24 heavy (non-hydrogen) atoms. The third kappa shape index (κ3) is 5.57. The number of aromatic carboxylic acids is 1. The molecule has 0 bridgehead atoms. The van der Waals surface area contributed by atoms with E-state index in [2.05, 4.69) is 28.2 Å². The summed E-state index contributed by atoms with van der Waals surface area (Å²) in [4.78, 5) is 12.0. The smallest absolute Gasteiger partial charge is 0.346 e. The number of unbranched alkanes of at least 4 members (excludes halogenated alkanes) is 9. The average molecular weight is 431 g/mol. The molecule has 0 fully saturated rings. The molecule has 2 nitrogen and oxygen atoms in total. The van der Waals surface area contributed by atoms with E-state index in [4.69, 9.17) is 0 Å². The molecular weight excluding hydrogens is 404 g/mol. The lowest BCUT2D eigenvalue weighted by Gasteiger charge is -2.03. The van der Waals surface area contributed by atoms with Gasteiger partial charge in [0.2, 0.25) is 0 Å². The molecule has 0 aliphatic carbocycles. The molecule has 2 heterocycles. The summed E-state index contributed by atoms with van der Waals surface area (Å²) in [7, 11) is 0. The van der Waals surface area contributed by atoms with Crippen LogP contribution in [0.1, 0.15) is 86.4 Å². The minimum absolute atomic E-state index is 0.536. The fraction of sp³-hybridized carbons (Fsp3) is 0.632. The number of hydrogen-bond acceptors (Lipinski definition) is 3. The van der Waals surface area contributed by atoms with Crippen LogP contribution >= 0.6 is 38.6 Å². The topological polar surface area (TPSA) is 37.3 Å². The number of aryl methyl sites for hydroxylation is 1. The van der Waals surface area contributed by atoms with Gasteiger partial charge in [-0.05, 0) is 34.3 Å². The van der Waals surface area contributed by atoms with Crippen LogP contribution in [0, 0.1) is 0 Å². The first-order valence-electron chi connectivity index (χ1n) is 9.06. The van der Waals surface area contributed by atoms with E-state index in [1.54, 1.807) is 11.3 Å². The number of hydrogen-bond donors (Lipinski definition) is 1. The molecule has 0 aliphatic heterocycles.